The lowest BCUT2D eigenvalue weighted by molar-refractivity contribution is -0.146. The molecule has 138 valence electrons. The number of nitrogens with one attached hydrogen (secondary N) is 1. The molecular formula is C18H17ClFNO5. The van der Waals surface area contributed by atoms with Gasteiger partial charge in [-0.05, 0) is 35.9 Å². The second kappa shape index (κ2) is 9.05. The Kier molecular flexibility index (Phi) is 6.80. The van der Waals surface area contributed by atoms with Gasteiger partial charge in [-0.25, -0.2) is 4.39 Å². The van der Waals surface area contributed by atoms with E-state index < -0.39 is 24.3 Å². The van der Waals surface area contributed by atoms with Crippen molar-refractivity contribution in [3.63, 3.8) is 0 Å². The molecule has 26 heavy (non-hydrogen) atoms. The van der Waals surface area contributed by atoms with Gasteiger partial charge in [0.15, 0.2) is 18.1 Å². The predicted molar refractivity (Wildman–Crippen MR) is 94.2 cm³/mol. The van der Waals surface area contributed by atoms with Crippen LogP contribution in [0, 0.1) is 5.82 Å². The van der Waals surface area contributed by atoms with Crippen molar-refractivity contribution in [2.45, 2.75) is 6.42 Å². The van der Waals surface area contributed by atoms with E-state index >= 15 is 0 Å². The Bertz CT molecular complexity index is 812. The fourth-order valence-electron chi connectivity index (χ4n) is 2.13. The van der Waals surface area contributed by atoms with Gasteiger partial charge < -0.3 is 19.5 Å². The van der Waals surface area contributed by atoms with E-state index in [0.717, 1.165) is 12.1 Å². The van der Waals surface area contributed by atoms with E-state index in [9.17, 15) is 14.0 Å². The highest BCUT2D eigenvalue weighted by molar-refractivity contribution is 6.33. The molecule has 1 N–H and O–H groups in total. The van der Waals surface area contributed by atoms with Crippen LogP contribution in [0.3, 0.4) is 0 Å². The van der Waals surface area contributed by atoms with Crippen LogP contribution in [-0.4, -0.2) is 32.7 Å². The average Bonchev–Trinajstić information content (AvgIpc) is 2.62. The highest BCUT2D eigenvalue weighted by atomic mass is 35.5. The molecule has 0 unspecified atom stereocenters. The van der Waals surface area contributed by atoms with Crippen molar-refractivity contribution in [1.82, 2.24) is 0 Å². The fraction of sp³-hybridized carbons (Fsp3) is 0.222. The molecule has 0 aliphatic rings. The van der Waals surface area contributed by atoms with Crippen molar-refractivity contribution in [1.29, 1.82) is 0 Å². The van der Waals surface area contributed by atoms with Crippen molar-refractivity contribution in [3.8, 4) is 11.5 Å². The second-order valence-corrected chi connectivity index (χ2v) is 5.61. The summed E-state index contributed by atoms with van der Waals surface area (Å²) < 4.78 is 28.2. The molecule has 0 fully saturated rings. The van der Waals surface area contributed by atoms with Gasteiger partial charge in [-0.15, -0.1) is 0 Å². The number of amides is 1. The van der Waals surface area contributed by atoms with Crippen LogP contribution in [0.2, 0.25) is 5.02 Å². The van der Waals surface area contributed by atoms with Gasteiger partial charge in [0.25, 0.3) is 5.91 Å². The van der Waals surface area contributed by atoms with Crippen LogP contribution < -0.4 is 14.8 Å². The number of rotatable bonds is 7. The minimum Gasteiger partial charge on any atom is -0.493 e. The molecule has 0 bridgehead atoms. The highest BCUT2D eigenvalue weighted by Gasteiger charge is 2.12. The van der Waals surface area contributed by atoms with Crippen molar-refractivity contribution >= 4 is 29.2 Å². The molecule has 1 amide bonds. The minimum atomic E-state index is -0.586. The molecule has 0 radical (unpaired) electrons. The van der Waals surface area contributed by atoms with E-state index in [-0.39, 0.29) is 17.1 Å². The van der Waals surface area contributed by atoms with Crippen molar-refractivity contribution in [2.24, 2.45) is 0 Å². The summed E-state index contributed by atoms with van der Waals surface area (Å²) in [6, 6.07) is 8.57. The maximum Gasteiger partial charge on any atom is 0.310 e. The van der Waals surface area contributed by atoms with E-state index in [2.05, 4.69) is 5.32 Å². The molecule has 0 heterocycles. The zero-order valence-corrected chi connectivity index (χ0v) is 14.9. The molecule has 8 heteroatoms. The van der Waals surface area contributed by atoms with E-state index in [1.807, 2.05) is 0 Å². The molecule has 0 aromatic heterocycles. The smallest absolute Gasteiger partial charge is 0.310 e. The standard InChI is InChI=1S/C18H17ClFNO5/c1-24-15-6-3-11(7-16(15)25-2)8-18(23)26-10-17(22)21-14-5-4-12(20)9-13(14)19/h3-7,9H,8,10H2,1-2H3,(H,21,22). The number of anilines is 1. The largest absolute Gasteiger partial charge is 0.493 e. The molecule has 0 spiro atoms. The molecule has 0 saturated carbocycles. The van der Waals surface area contributed by atoms with E-state index in [1.165, 1.54) is 20.3 Å². The van der Waals surface area contributed by atoms with Crippen LogP contribution in [0.25, 0.3) is 0 Å². The Morgan fingerprint density at radius 2 is 1.81 bits per heavy atom. The van der Waals surface area contributed by atoms with Crippen molar-refractivity contribution < 1.29 is 28.2 Å². The van der Waals surface area contributed by atoms with E-state index in [0.29, 0.717) is 17.1 Å². The van der Waals surface area contributed by atoms with Gasteiger partial charge in [0.2, 0.25) is 0 Å². The van der Waals surface area contributed by atoms with Crippen molar-refractivity contribution in [3.05, 3.63) is 52.8 Å². The SMILES string of the molecule is COc1ccc(CC(=O)OCC(=O)Nc2ccc(F)cc2Cl)cc1OC. The molecule has 2 aromatic carbocycles. The minimum absolute atomic E-state index is 0.0368. The van der Waals surface area contributed by atoms with Gasteiger partial charge in [0, 0.05) is 0 Å². The summed E-state index contributed by atoms with van der Waals surface area (Å²) in [5.41, 5.74) is 0.878. The molecule has 0 aliphatic heterocycles. The first-order valence-electron chi connectivity index (χ1n) is 7.54. The normalized spacial score (nSPS) is 10.2. The predicted octanol–water partition coefficient (Wildman–Crippen LogP) is 3.22. The number of benzene rings is 2. The maximum absolute atomic E-state index is 13.0. The number of halogens is 2. The zero-order valence-electron chi connectivity index (χ0n) is 14.2. The second-order valence-electron chi connectivity index (χ2n) is 5.20. The van der Waals surface area contributed by atoms with Gasteiger partial charge in [0.05, 0.1) is 31.4 Å². The van der Waals surface area contributed by atoms with E-state index in [4.69, 9.17) is 25.8 Å². The monoisotopic (exact) mass is 381 g/mol. The Balaban J connectivity index is 1.87. The first-order valence-corrected chi connectivity index (χ1v) is 7.92. The van der Waals surface area contributed by atoms with Crippen LogP contribution >= 0.6 is 11.6 Å². The highest BCUT2D eigenvalue weighted by Crippen LogP contribution is 2.27. The van der Waals surface area contributed by atoms with Crippen molar-refractivity contribution in [2.75, 3.05) is 26.1 Å². The number of carbonyl (C=O) groups excluding carboxylic acids is 2. The average molecular weight is 382 g/mol. The summed E-state index contributed by atoms with van der Waals surface area (Å²) in [6.07, 6.45) is -0.0368. The zero-order chi connectivity index (χ0) is 19.1. The Morgan fingerprint density at radius 3 is 2.46 bits per heavy atom. The Hall–Kier alpha value is -2.80. The topological polar surface area (TPSA) is 73.9 Å². The van der Waals surface area contributed by atoms with Gasteiger partial charge in [0.1, 0.15) is 5.82 Å². The van der Waals surface area contributed by atoms with Crippen LogP contribution in [0.4, 0.5) is 10.1 Å². The van der Waals surface area contributed by atoms with Gasteiger partial charge in [-0.3, -0.25) is 9.59 Å². The van der Waals surface area contributed by atoms with Crippen LogP contribution in [0.1, 0.15) is 5.56 Å². The van der Waals surface area contributed by atoms with Gasteiger partial charge in [-0.2, -0.15) is 0 Å². The molecule has 2 rings (SSSR count). The summed E-state index contributed by atoms with van der Waals surface area (Å²) >= 11 is 5.81. The number of hydrogen-bond donors (Lipinski definition) is 1. The first kappa shape index (κ1) is 19.5. The maximum atomic E-state index is 13.0. The molecule has 0 atom stereocenters. The summed E-state index contributed by atoms with van der Waals surface area (Å²) in [6.45, 7) is -0.486. The molecule has 0 saturated heterocycles. The number of carbonyl (C=O) groups is 2. The van der Waals surface area contributed by atoms with Crippen LogP contribution in [-0.2, 0) is 20.7 Å². The summed E-state index contributed by atoms with van der Waals surface area (Å²) in [7, 11) is 3.00. The van der Waals surface area contributed by atoms with Gasteiger partial charge in [-0.1, -0.05) is 17.7 Å². The number of hydrogen-bond acceptors (Lipinski definition) is 5. The fourth-order valence-corrected chi connectivity index (χ4v) is 2.35. The Morgan fingerprint density at radius 1 is 1.08 bits per heavy atom. The van der Waals surface area contributed by atoms with E-state index in [1.54, 1.807) is 18.2 Å². The molecule has 6 nitrogen and oxygen atoms in total. The third kappa shape index (κ3) is 5.35. The van der Waals surface area contributed by atoms with Crippen LogP contribution in [0.5, 0.6) is 11.5 Å². The number of ether oxygens (including phenoxy) is 3. The number of esters is 1. The lowest BCUT2D eigenvalue weighted by Crippen LogP contribution is -2.21. The molecule has 0 aliphatic carbocycles. The molecular weight excluding hydrogens is 365 g/mol. The quantitative estimate of drug-likeness (QED) is 0.745. The lowest BCUT2D eigenvalue weighted by atomic mass is 10.1. The van der Waals surface area contributed by atoms with Gasteiger partial charge >= 0.3 is 5.97 Å². The first-order chi connectivity index (χ1) is 12.4. The number of methoxy groups -OCH3 is 2. The summed E-state index contributed by atoms with van der Waals surface area (Å²) in [5, 5.41) is 2.49. The lowest BCUT2D eigenvalue weighted by Gasteiger charge is -2.10. The van der Waals surface area contributed by atoms with Crippen LogP contribution in [0.15, 0.2) is 36.4 Å². The molecule has 2 aromatic rings. The Labute approximate surface area is 154 Å². The summed E-state index contributed by atoms with van der Waals surface area (Å²) in [4.78, 5) is 23.7. The third-order valence-electron chi connectivity index (χ3n) is 3.37. The summed E-state index contributed by atoms with van der Waals surface area (Å²) in [5.74, 6) is -0.659. The third-order valence-corrected chi connectivity index (χ3v) is 3.68.